The van der Waals surface area contributed by atoms with Crippen LogP contribution in [0.15, 0.2) is 36.5 Å². The van der Waals surface area contributed by atoms with Crippen molar-refractivity contribution in [3.05, 3.63) is 57.7 Å². The average molecular weight is 526 g/mol. The summed E-state index contributed by atoms with van der Waals surface area (Å²) < 4.78 is 11.4. The van der Waals surface area contributed by atoms with Gasteiger partial charge in [-0.2, -0.15) is 10.2 Å². The number of nitriles is 1. The molecule has 1 amide bonds. The zero-order chi connectivity index (χ0) is 25.2. The fourth-order valence-electron chi connectivity index (χ4n) is 4.19. The maximum absolute atomic E-state index is 13.1. The number of fused-ring (bicyclic) bond motifs is 1. The second kappa shape index (κ2) is 10.1. The lowest BCUT2D eigenvalue weighted by Crippen LogP contribution is -2.44. The number of nitrogens with one attached hydrogen (secondary N) is 2. The Balaban J connectivity index is 1.41. The van der Waals surface area contributed by atoms with E-state index in [-0.39, 0.29) is 30.0 Å². The Morgan fingerprint density at radius 2 is 1.94 bits per heavy atom. The van der Waals surface area contributed by atoms with E-state index in [4.69, 9.17) is 32.7 Å². The third kappa shape index (κ3) is 4.44. The van der Waals surface area contributed by atoms with Crippen LogP contribution in [0.5, 0.6) is 11.6 Å². The van der Waals surface area contributed by atoms with Crippen LogP contribution in [0.1, 0.15) is 15.9 Å². The van der Waals surface area contributed by atoms with Gasteiger partial charge in [-0.05, 0) is 18.2 Å². The molecule has 3 heterocycles. The van der Waals surface area contributed by atoms with E-state index in [1.807, 2.05) is 0 Å². The molecule has 10 nitrogen and oxygen atoms in total. The molecule has 12 heteroatoms. The van der Waals surface area contributed by atoms with Gasteiger partial charge in [0.25, 0.3) is 5.91 Å². The van der Waals surface area contributed by atoms with Crippen molar-refractivity contribution >= 4 is 52.1 Å². The molecule has 36 heavy (non-hydrogen) atoms. The summed E-state index contributed by atoms with van der Waals surface area (Å²) in [4.78, 5) is 25.2. The van der Waals surface area contributed by atoms with Crippen molar-refractivity contribution in [2.75, 3.05) is 55.1 Å². The molecule has 1 fully saturated rings. The maximum atomic E-state index is 13.1. The number of piperazine rings is 1. The highest BCUT2D eigenvalue weighted by Crippen LogP contribution is 2.38. The number of carbonyl (C=O) groups is 1. The highest BCUT2D eigenvalue weighted by Gasteiger charge is 2.31. The number of para-hydroxylation sites is 1. The van der Waals surface area contributed by atoms with Crippen molar-refractivity contribution in [1.82, 2.24) is 15.3 Å². The third-order valence-electron chi connectivity index (χ3n) is 5.87. The number of ether oxygens (including phenoxy) is 2. The van der Waals surface area contributed by atoms with Crippen LogP contribution in [0.3, 0.4) is 0 Å². The zero-order valence-corrected chi connectivity index (χ0v) is 20.7. The summed E-state index contributed by atoms with van der Waals surface area (Å²) in [5.41, 5.74) is 2.32. The number of anilines is 4. The fourth-order valence-corrected chi connectivity index (χ4v) is 4.79. The van der Waals surface area contributed by atoms with Gasteiger partial charge in [-0.25, -0.2) is 4.98 Å². The number of carbonyl (C=O) groups excluding carboxylic acids is 1. The van der Waals surface area contributed by atoms with Gasteiger partial charge in [0.1, 0.15) is 17.4 Å². The predicted octanol–water partition coefficient (Wildman–Crippen LogP) is 3.81. The van der Waals surface area contributed by atoms with Crippen LogP contribution >= 0.6 is 23.2 Å². The number of aromatic nitrogens is 2. The topological polar surface area (TPSA) is 116 Å². The van der Waals surface area contributed by atoms with Crippen LogP contribution < -0.4 is 29.9 Å². The monoisotopic (exact) mass is 525 g/mol. The van der Waals surface area contributed by atoms with Gasteiger partial charge in [-0.15, -0.1) is 0 Å². The minimum absolute atomic E-state index is 0.114. The first-order valence-corrected chi connectivity index (χ1v) is 11.9. The predicted molar refractivity (Wildman–Crippen MR) is 137 cm³/mol. The molecular formula is C24H21Cl2N7O3. The number of methoxy groups -OCH3 is 1. The van der Waals surface area contributed by atoms with Gasteiger partial charge in [0.2, 0.25) is 11.8 Å². The van der Waals surface area contributed by atoms with Crippen LogP contribution in [0.25, 0.3) is 0 Å². The second-order valence-corrected chi connectivity index (χ2v) is 8.85. The second-order valence-electron chi connectivity index (χ2n) is 8.04. The molecule has 0 radical (unpaired) electrons. The van der Waals surface area contributed by atoms with Crippen molar-refractivity contribution in [3.63, 3.8) is 0 Å². The van der Waals surface area contributed by atoms with Crippen molar-refractivity contribution in [3.8, 4) is 17.7 Å². The molecule has 184 valence electrons. The molecule has 2 aliphatic rings. The summed E-state index contributed by atoms with van der Waals surface area (Å²) in [5, 5.41) is 16.9. The van der Waals surface area contributed by atoms with E-state index in [9.17, 15) is 10.1 Å². The molecule has 1 aromatic heterocycles. The highest BCUT2D eigenvalue weighted by atomic mass is 35.5. The van der Waals surface area contributed by atoms with E-state index in [0.717, 1.165) is 31.9 Å². The standard InChI is InChI=1S/C24H21Cl2N7O3/c1-35-19-10-15(9-14(11-27)20(19)32-7-5-28-6-8-32)30-24-29-12-16-22(31-24)36-13-33(23(16)34)21-17(25)3-2-4-18(21)26/h2-4,9-10,12,28H,5-8,13H2,1H3,(H,29,30,31). The van der Waals surface area contributed by atoms with Gasteiger partial charge in [-0.1, -0.05) is 29.3 Å². The number of benzene rings is 2. The van der Waals surface area contributed by atoms with E-state index >= 15 is 0 Å². The third-order valence-corrected chi connectivity index (χ3v) is 6.48. The Bertz CT molecular complexity index is 1350. The number of nitrogens with zero attached hydrogens (tertiary/aromatic N) is 5. The van der Waals surface area contributed by atoms with Crippen LogP contribution in [0.4, 0.5) is 23.0 Å². The van der Waals surface area contributed by atoms with E-state index in [1.165, 1.54) is 11.1 Å². The number of rotatable bonds is 5. The van der Waals surface area contributed by atoms with Crippen molar-refractivity contribution in [2.24, 2.45) is 0 Å². The van der Waals surface area contributed by atoms with Gasteiger partial charge >= 0.3 is 0 Å². The van der Waals surface area contributed by atoms with E-state index in [1.54, 1.807) is 37.4 Å². The fraction of sp³-hybridized carbons (Fsp3) is 0.250. The van der Waals surface area contributed by atoms with Gasteiger partial charge in [-0.3, -0.25) is 9.69 Å². The summed E-state index contributed by atoms with van der Waals surface area (Å²) in [7, 11) is 1.57. The molecule has 2 aromatic carbocycles. The first-order chi connectivity index (χ1) is 17.5. The van der Waals surface area contributed by atoms with Crippen molar-refractivity contribution in [2.45, 2.75) is 0 Å². The first-order valence-electron chi connectivity index (χ1n) is 11.1. The zero-order valence-electron chi connectivity index (χ0n) is 19.2. The van der Waals surface area contributed by atoms with Crippen LogP contribution in [-0.2, 0) is 0 Å². The molecule has 3 aromatic rings. The molecule has 1 saturated heterocycles. The molecule has 5 rings (SSSR count). The highest BCUT2D eigenvalue weighted by molar-refractivity contribution is 6.40. The van der Waals surface area contributed by atoms with Crippen LogP contribution in [0, 0.1) is 11.3 Å². The molecule has 0 bridgehead atoms. The Labute approximate surface area is 217 Å². The molecule has 0 aliphatic carbocycles. The molecule has 0 unspecified atom stereocenters. The first kappa shape index (κ1) is 23.9. The van der Waals surface area contributed by atoms with Crippen molar-refractivity contribution in [1.29, 1.82) is 5.26 Å². The van der Waals surface area contributed by atoms with E-state index < -0.39 is 0 Å². The SMILES string of the molecule is COc1cc(Nc2ncc3c(n2)OCN(c2c(Cl)cccc2Cl)C3=O)cc(C#N)c1N1CCNCC1. The maximum Gasteiger partial charge on any atom is 0.268 e. The number of amides is 1. The normalized spacial score (nSPS) is 15.1. The summed E-state index contributed by atoms with van der Waals surface area (Å²) in [6, 6.07) is 10.7. The van der Waals surface area contributed by atoms with Crippen LogP contribution in [0.2, 0.25) is 10.0 Å². The molecule has 2 aliphatic heterocycles. The summed E-state index contributed by atoms with van der Waals surface area (Å²) >= 11 is 12.5. The molecule has 0 spiro atoms. The molecular weight excluding hydrogens is 505 g/mol. The molecule has 0 atom stereocenters. The Kier molecular flexibility index (Phi) is 6.69. The Morgan fingerprint density at radius 1 is 1.19 bits per heavy atom. The average Bonchev–Trinajstić information content (AvgIpc) is 2.89. The van der Waals surface area contributed by atoms with Crippen LogP contribution in [-0.4, -0.2) is 55.9 Å². The summed E-state index contributed by atoms with van der Waals surface area (Å²) in [6.45, 7) is 3.09. The van der Waals surface area contributed by atoms with Crippen molar-refractivity contribution < 1.29 is 14.3 Å². The summed E-state index contributed by atoms with van der Waals surface area (Å²) in [5.74, 6) is 0.509. The number of hydrogen-bond acceptors (Lipinski definition) is 9. The molecule has 0 saturated carbocycles. The minimum atomic E-state index is -0.383. The summed E-state index contributed by atoms with van der Waals surface area (Å²) in [6.07, 6.45) is 1.38. The Hall–Kier alpha value is -3.78. The lowest BCUT2D eigenvalue weighted by atomic mass is 10.1. The van der Waals surface area contributed by atoms with E-state index in [2.05, 4.69) is 31.6 Å². The number of halogens is 2. The number of hydrogen-bond donors (Lipinski definition) is 2. The van der Waals surface area contributed by atoms with Gasteiger partial charge < -0.3 is 25.0 Å². The lowest BCUT2D eigenvalue weighted by molar-refractivity contribution is 0.0932. The largest absolute Gasteiger partial charge is 0.494 e. The van der Waals surface area contributed by atoms with Gasteiger partial charge in [0, 0.05) is 44.1 Å². The minimum Gasteiger partial charge on any atom is -0.494 e. The van der Waals surface area contributed by atoms with Gasteiger partial charge in [0.15, 0.2) is 6.73 Å². The smallest absolute Gasteiger partial charge is 0.268 e. The Morgan fingerprint density at radius 3 is 2.64 bits per heavy atom. The van der Waals surface area contributed by atoms with Gasteiger partial charge in [0.05, 0.1) is 34.1 Å². The molecule has 2 N–H and O–H groups in total. The quantitative estimate of drug-likeness (QED) is 0.512. The lowest BCUT2D eigenvalue weighted by Gasteiger charge is -2.31. The van der Waals surface area contributed by atoms with E-state index in [0.29, 0.717) is 32.7 Å².